The maximum Gasteiger partial charge on any atom is 0.336 e. The second kappa shape index (κ2) is 11.3. The lowest BCUT2D eigenvalue weighted by molar-refractivity contribution is -0.384. The number of nitrogens with one attached hydrogen (secondary N) is 1. The van der Waals surface area contributed by atoms with Gasteiger partial charge in [0.1, 0.15) is 0 Å². The lowest BCUT2D eigenvalue weighted by Crippen LogP contribution is -2.08. The number of benzene rings is 3. The molecule has 188 valence electrons. The number of anilines is 1. The molecule has 1 amide bonds. The second-order valence-corrected chi connectivity index (χ2v) is 8.92. The summed E-state index contributed by atoms with van der Waals surface area (Å²) in [7, 11) is 0. The number of ether oxygens (including phenoxy) is 1. The van der Waals surface area contributed by atoms with Gasteiger partial charge in [-0.25, -0.2) is 4.68 Å². The van der Waals surface area contributed by atoms with Crippen LogP contribution in [-0.4, -0.2) is 32.2 Å². The first kappa shape index (κ1) is 25.3. The Morgan fingerprint density at radius 3 is 2.35 bits per heavy atom. The number of carbonyl (C=O) groups is 1. The average Bonchev–Trinajstić information content (AvgIpc) is 3.32. The van der Waals surface area contributed by atoms with E-state index in [0.29, 0.717) is 35.6 Å². The predicted octanol–water partition coefficient (Wildman–Crippen LogP) is 5.84. The van der Waals surface area contributed by atoms with E-state index in [1.165, 1.54) is 18.2 Å². The lowest BCUT2D eigenvalue weighted by Gasteiger charge is -2.08. The SMILES string of the molecule is Cc1ccc(-c2nc(OCC(C)C)nn2-c2ccc(NC(=O)/C=C/c3ccc([N+](=O)[O-])cc3)cc2)cc1. The van der Waals surface area contributed by atoms with Gasteiger partial charge in [0.25, 0.3) is 5.69 Å². The largest absolute Gasteiger partial charge is 0.462 e. The van der Waals surface area contributed by atoms with E-state index in [2.05, 4.69) is 29.2 Å². The monoisotopic (exact) mass is 497 g/mol. The van der Waals surface area contributed by atoms with Gasteiger partial charge in [0, 0.05) is 29.5 Å². The highest BCUT2D eigenvalue weighted by Crippen LogP contribution is 2.25. The number of nitrogens with zero attached hydrogens (tertiary/aromatic N) is 4. The highest BCUT2D eigenvalue weighted by molar-refractivity contribution is 6.02. The molecule has 1 N–H and O–H groups in total. The fraction of sp³-hybridized carbons (Fsp3) is 0.179. The minimum Gasteiger partial charge on any atom is -0.462 e. The quantitative estimate of drug-likeness (QED) is 0.177. The second-order valence-electron chi connectivity index (χ2n) is 8.92. The summed E-state index contributed by atoms with van der Waals surface area (Å²) in [5.41, 5.74) is 4.11. The molecule has 0 aliphatic carbocycles. The molecular formula is C28H27N5O4. The van der Waals surface area contributed by atoms with Crippen LogP contribution in [0.25, 0.3) is 23.2 Å². The van der Waals surface area contributed by atoms with Crippen LogP contribution in [0, 0.1) is 23.0 Å². The molecule has 1 heterocycles. The van der Waals surface area contributed by atoms with Crippen molar-refractivity contribution in [2.75, 3.05) is 11.9 Å². The van der Waals surface area contributed by atoms with Crippen molar-refractivity contribution in [1.29, 1.82) is 0 Å². The van der Waals surface area contributed by atoms with E-state index in [1.807, 2.05) is 43.3 Å². The summed E-state index contributed by atoms with van der Waals surface area (Å²) in [6, 6.07) is 21.5. The normalized spacial score (nSPS) is 11.1. The molecule has 0 fully saturated rings. The maximum absolute atomic E-state index is 12.4. The Labute approximate surface area is 214 Å². The minimum atomic E-state index is -0.466. The molecule has 0 bridgehead atoms. The summed E-state index contributed by atoms with van der Waals surface area (Å²) in [5.74, 6) is 0.672. The number of rotatable bonds is 9. The van der Waals surface area contributed by atoms with E-state index in [1.54, 1.807) is 35.0 Å². The first-order chi connectivity index (χ1) is 17.8. The van der Waals surface area contributed by atoms with Crippen LogP contribution in [0.5, 0.6) is 6.01 Å². The predicted molar refractivity (Wildman–Crippen MR) is 143 cm³/mol. The van der Waals surface area contributed by atoms with Gasteiger partial charge < -0.3 is 10.1 Å². The van der Waals surface area contributed by atoms with E-state index >= 15 is 0 Å². The molecular weight excluding hydrogens is 470 g/mol. The molecule has 3 aromatic carbocycles. The smallest absolute Gasteiger partial charge is 0.336 e. The van der Waals surface area contributed by atoms with Crippen molar-refractivity contribution in [3.05, 3.63) is 100 Å². The zero-order chi connectivity index (χ0) is 26.4. The lowest BCUT2D eigenvalue weighted by atomic mass is 10.1. The molecule has 0 unspecified atom stereocenters. The van der Waals surface area contributed by atoms with Gasteiger partial charge in [0.2, 0.25) is 5.91 Å². The van der Waals surface area contributed by atoms with E-state index < -0.39 is 4.92 Å². The molecule has 4 aromatic rings. The van der Waals surface area contributed by atoms with Crippen molar-refractivity contribution in [2.24, 2.45) is 5.92 Å². The minimum absolute atomic E-state index is 0.00165. The van der Waals surface area contributed by atoms with Crippen LogP contribution in [-0.2, 0) is 4.79 Å². The standard InChI is InChI=1S/C28H27N5O4/c1-19(2)18-37-28-30-27(22-9-4-20(3)5-10-22)32(31-28)24-15-11-23(12-16-24)29-26(34)17-8-21-6-13-25(14-7-21)33(35)36/h4-17,19H,18H2,1-3H3,(H,29,34)/b17-8+. The number of aromatic nitrogens is 3. The summed E-state index contributed by atoms with van der Waals surface area (Å²) in [5, 5.41) is 18.1. The summed E-state index contributed by atoms with van der Waals surface area (Å²) in [6.45, 7) is 6.66. The zero-order valence-electron chi connectivity index (χ0n) is 20.8. The fourth-order valence-electron chi connectivity index (χ4n) is 3.41. The molecule has 0 radical (unpaired) electrons. The average molecular weight is 498 g/mol. The summed E-state index contributed by atoms with van der Waals surface area (Å²) in [6.07, 6.45) is 2.97. The van der Waals surface area contributed by atoms with Crippen LogP contribution in [0.15, 0.2) is 78.9 Å². The van der Waals surface area contributed by atoms with Crippen molar-refractivity contribution < 1.29 is 14.5 Å². The summed E-state index contributed by atoms with van der Waals surface area (Å²) >= 11 is 0. The van der Waals surface area contributed by atoms with Crippen LogP contribution in [0.4, 0.5) is 11.4 Å². The number of nitro groups is 1. The van der Waals surface area contributed by atoms with Crippen molar-refractivity contribution in [3.63, 3.8) is 0 Å². The third-order valence-electron chi connectivity index (χ3n) is 5.35. The van der Waals surface area contributed by atoms with Crippen LogP contribution in [0.2, 0.25) is 0 Å². The Balaban J connectivity index is 1.50. The van der Waals surface area contributed by atoms with Gasteiger partial charge in [-0.15, -0.1) is 5.10 Å². The van der Waals surface area contributed by atoms with Gasteiger partial charge >= 0.3 is 6.01 Å². The molecule has 0 atom stereocenters. The van der Waals surface area contributed by atoms with E-state index in [9.17, 15) is 14.9 Å². The highest BCUT2D eigenvalue weighted by atomic mass is 16.6. The third-order valence-corrected chi connectivity index (χ3v) is 5.35. The Morgan fingerprint density at radius 1 is 1.05 bits per heavy atom. The van der Waals surface area contributed by atoms with E-state index in [4.69, 9.17) is 4.74 Å². The summed E-state index contributed by atoms with van der Waals surface area (Å²) in [4.78, 5) is 27.3. The van der Waals surface area contributed by atoms with Crippen LogP contribution in [0.3, 0.4) is 0 Å². The van der Waals surface area contributed by atoms with Crippen molar-refractivity contribution >= 4 is 23.4 Å². The molecule has 0 aliphatic rings. The number of hydrogen-bond acceptors (Lipinski definition) is 6. The summed E-state index contributed by atoms with van der Waals surface area (Å²) < 4.78 is 7.50. The van der Waals surface area contributed by atoms with Gasteiger partial charge in [-0.1, -0.05) is 43.7 Å². The zero-order valence-corrected chi connectivity index (χ0v) is 20.8. The van der Waals surface area contributed by atoms with Gasteiger partial charge in [0.05, 0.1) is 17.2 Å². The van der Waals surface area contributed by atoms with Crippen molar-refractivity contribution in [2.45, 2.75) is 20.8 Å². The molecule has 4 rings (SSSR count). The van der Waals surface area contributed by atoms with Crippen LogP contribution < -0.4 is 10.1 Å². The Kier molecular flexibility index (Phi) is 7.73. The number of carbonyl (C=O) groups excluding carboxylic acids is 1. The van der Waals surface area contributed by atoms with Crippen molar-refractivity contribution in [1.82, 2.24) is 14.8 Å². The number of non-ortho nitro benzene ring substituents is 1. The number of amides is 1. The molecule has 0 saturated carbocycles. The van der Waals surface area contributed by atoms with Gasteiger partial charge in [-0.2, -0.15) is 4.98 Å². The number of aryl methyl sites for hydroxylation is 1. The van der Waals surface area contributed by atoms with Gasteiger partial charge in [-0.05, 0) is 60.9 Å². The highest BCUT2D eigenvalue weighted by Gasteiger charge is 2.15. The molecule has 37 heavy (non-hydrogen) atoms. The Morgan fingerprint density at radius 2 is 1.73 bits per heavy atom. The molecule has 9 heteroatoms. The molecule has 9 nitrogen and oxygen atoms in total. The maximum atomic E-state index is 12.4. The van der Waals surface area contributed by atoms with Crippen LogP contribution in [0.1, 0.15) is 25.0 Å². The molecule has 0 spiro atoms. The van der Waals surface area contributed by atoms with Gasteiger partial charge in [-0.3, -0.25) is 14.9 Å². The fourth-order valence-corrected chi connectivity index (χ4v) is 3.41. The van der Waals surface area contributed by atoms with E-state index in [-0.39, 0.29) is 11.6 Å². The Hall–Kier alpha value is -4.79. The van der Waals surface area contributed by atoms with Gasteiger partial charge in [0.15, 0.2) is 5.82 Å². The third kappa shape index (κ3) is 6.66. The number of hydrogen-bond donors (Lipinski definition) is 1. The van der Waals surface area contributed by atoms with Crippen molar-refractivity contribution in [3.8, 4) is 23.1 Å². The molecule has 1 aromatic heterocycles. The number of nitro benzene ring substituents is 1. The topological polar surface area (TPSA) is 112 Å². The van der Waals surface area contributed by atoms with Crippen LogP contribution >= 0.6 is 0 Å². The first-order valence-electron chi connectivity index (χ1n) is 11.8. The first-order valence-corrected chi connectivity index (χ1v) is 11.8. The molecule has 0 aliphatic heterocycles. The molecule has 0 saturated heterocycles. The van der Waals surface area contributed by atoms with E-state index in [0.717, 1.165) is 16.8 Å². The Bertz CT molecular complexity index is 1410.